The highest BCUT2D eigenvalue weighted by atomic mass is 32.2. The van der Waals surface area contributed by atoms with E-state index in [-0.39, 0.29) is 6.04 Å². The summed E-state index contributed by atoms with van der Waals surface area (Å²) in [6.45, 7) is 5.48. The Kier molecular flexibility index (Phi) is 4.25. The number of nitrogens with one attached hydrogen (secondary N) is 1. The van der Waals surface area contributed by atoms with E-state index in [0.717, 1.165) is 24.0 Å². The highest BCUT2D eigenvalue weighted by Crippen LogP contribution is 2.29. The second-order valence-electron chi connectivity index (χ2n) is 6.49. The van der Waals surface area contributed by atoms with Crippen LogP contribution in [0.5, 0.6) is 0 Å². The van der Waals surface area contributed by atoms with Crippen molar-refractivity contribution in [3.63, 3.8) is 0 Å². The van der Waals surface area contributed by atoms with Crippen LogP contribution in [-0.2, 0) is 22.9 Å². The van der Waals surface area contributed by atoms with Gasteiger partial charge in [-0.15, -0.1) is 0 Å². The standard InChI is InChI=1S/C18H22N2O2S/c1-12(2)23(21,22)20-17-9-14-4-5-15(8-16(14)10-17)18-11-19-7-6-13(18)3/h4-8,11-12,17,20H,9-10H2,1-3H3. The van der Waals surface area contributed by atoms with Crippen molar-refractivity contribution < 1.29 is 8.42 Å². The fourth-order valence-corrected chi connectivity index (χ4v) is 3.91. The zero-order valence-electron chi connectivity index (χ0n) is 13.7. The van der Waals surface area contributed by atoms with Crippen LogP contribution in [0.3, 0.4) is 0 Å². The lowest BCUT2D eigenvalue weighted by Gasteiger charge is -2.14. The monoisotopic (exact) mass is 330 g/mol. The summed E-state index contributed by atoms with van der Waals surface area (Å²) in [5.41, 5.74) is 5.91. The molecule has 1 unspecified atom stereocenters. The van der Waals surface area contributed by atoms with Crippen molar-refractivity contribution in [3.8, 4) is 11.1 Å². The van der Waals surface area contributed by atoms with Crippen LogP contribution in [0, 0.1) is 6.92 Å². The van der Waals surface area contributed by atoms with E-state index in [1.165, 1.54) is 16.7 Å². The van der Waals surface area contributed by atoms with Crippen molar-refractivity contribution in [1.29, 1.82) is 0 Å². The summed E-state index contributed by atoms with van der Waals surface area (Å²) < 4.78 is 26.9. The molecule has 5 heteroatoms. The quantitative estimate of drug-likeness (QED) is 0.938. The van der Waals surface area contributed by atoms with Gasteiger partial charge in [-0.3, -0.25) is 4.98 Å². The number of rotatable bonds is 4. The first-order valence-corrected chi connectivity index (χ1v) is 9.45. The minimum absolute atomic E-state index is 0.0392. The molecule has 4 nitrogen and oxygen atoms in total. The Labute approximate surface area is 138 Å². The minimum atomic E-state index is -3.23. The lowest BCUT2D eigenvalue weighted by atomic mass is 9.99. The number of pyridine rings is 1. The molecule has 0 aliphatic heterocycles. The molecule has 122 valence electrons. The van der Waals surface area contributed by atoms with E-state index in [1.807, 2.05) is 12.3 Å². The smallest absolute Gasteiger partial charge is 0.214 e. The van der Waals surface area contributed by atoms with Crippen LogP contribution in [0.15, 0.2) is 36.7 Å². The number of sulfonamides is 1. The molecule has 1 aliphatic carbocycles. The van der Waals surface area contributed by atoms with Crippen molar-refractivity contribution in [1.82, 2.24) is 9.71 Å². The van der Waals surface area contributed by atoms with Crippen LogP contribution in [0.1, 0.15) is 30.5 Å². The van der Waals surface area contributed by atoms with Gasteiger partial charge in [0, 0.05) is 24.0 Å². The van der Waals surface area contributed by atoms with Crippen LogP contribution in [0.2, 0.25) is 0 Å². The van der Waals surface area contributed by atoms with E-state index >= 15 is 0 Å². The van der Waals surface area contributed by atoms with E-state index in [9.17, 15) is 8.42 Å². The zero-order valence-corrected chi connectivity index (χ0v) is 14.5. The molecule has 0 amide bonds. The van der Waals surface area contributed by atoms with Gasteiger partial charge in [-0.1, -0.05) is 18.2 Å². The van der Waals surface area contributed by atoms with Gasteiger partial charge in [0.05, 0.1) is 5.25 Å². The molecule has 1 aliphatic rings. The SMILES string of the molecule is Cc1ccncc1-c1ccc2c(c1)CC(NS(=O)(=O)C(C)C)C2. The molecule has 1 atom stereocenters. The molecule has 2 aromatic rings. The van der Waals surface area contributed by atoms with Crippen molar-refractivity contribution in [2.24, 2.45) is 0 Å². The molecular weight excluding hydrogens is 308 g/mol. The maximum absolute atomic E-state index is 12.1. The molecule has 23 heavy (non-hydrogen) atoms. The molecule has 0 spiro atoms. The van der Waals surface area contributed by atoms with E-state index in [1.54, 1.807) is 20.0 Å². The fraction of sp³-hybridized carbons (Fsp3) is 0.389. The zero-order chi connectivity index (χ0) is 16.6. The number of hydrogen-bond acceptors (Lipinski definition) is 3. The van der Waals surface area contributed by atoms with Gasteiger partial charge < -0.3 is 0 Å². The van der Waals surface area contributed by atoms with Gasteiger partial charge in [0.25, 0.3) is 0 Å². The van der Waals surface area contributed by atoms with Crippen LogP contribution in [0.4, 0.5) is 0 Å². The van der Waals surface area contributed by atoms with E-state index in [0.29, 0.717) is 0 Å². The van der Waals surface area contributed by atoms with Gasteiger partial charge >= 0.3 is 0 Å². The number of nitrogens with zero attached hydrogens (tertiary/aromatic N) is 1. The van der Waals surface area contributed by atoms with Gasteiger partial charge in [-0.2, -0.15) is 0 Å². The summed E-state index contributed by atoms with van der Waals surface area (Å²) in [6, 6.07) is 8.34. The van der Waals surface area contributed by atoms with Crippen molar-refractivity contribution in [3.05, 3.63) is 53.3 Å². The molecule has 0 bridgehead atoms. The Morgan fingerprint density at radius 3 is 2.61 bits per heavy atom. The summed E-state index contributed by atoms with van der Waals surface area (Å²) in [7, 11) is -3.23. The predicted octanol–water partition coefficient (Wildman–Crippen LogP) is 2.85. The number of benzene rings is 1. The van der Waals surface area contributed by atoms with Gasteiger partial charge in [-0.05, 0) is 61.9 Å². The second-order valence-corrected chi connectivity index (χ2v) is 8.76. The van der Waals surface area contributed by atoms with Crippen LogP contribution in [-0.4, -0.2) is 24.7 Å². The highest BCUT2D eigenvalue weighted by molar-refractivity contribution is 7.90. The summed E-state index contributed by atoms with van der Waals surface area (Å²) in [6.07, 6.45) is 5.18. The first-order chi connectivity index (χ1) is 10.9. The van der Waals surface area contributed by atoms with Gasteiger partial charge in [0.15, 0.2) is 0 Å². The number of fused-ring (bicyclic) bond motifs is 1. The molecule has 3 rings (SSSR count). The Balaban J connectivity index is 1.83. The second kappa shape index (κ2) is 6.06. The highest BCUT2D eigenvalue weighted by Gasteiger charge is 2.27. The van der Waals surface area contributed by atoms with Crippen molar-refractivity contribution in [2.45, 2.75) is 44.9 Å². The number of aryl methyl sites for hydroxylation is 1. The summed E-state index contributed by atoms with van der Waals surface area (Å²) in [5, 5.41) is -0.403. The lowest BCUT2D eigenvalue weighted by molar-refractivity contribution is 0.547. The average molecular weight is 330 g/mol. The largest absolute Gasteiger partial charge is 0.264 e. The predicted molar refractivity (Wildman–Crippen MR) is 92.8 cm³/mol. The van der Waals surface area contributed by atoms with Crippen LogP contribution < -0.4 is 4.72 Å². The summed E-state index contributed by atoms with van der Waals surface area (Å²) >= 11 is 0. The third-order valence-corrected chi connectivity index (χ3v) is 6.34. The Morgan fingerprint density at radius 1 is 1.17 bits per heavy atom. The van der Waals surface area contributed by atoms with E-state index in [2.05, 4.69) is 34.8 Å². The third-order valence-electron chi connectivity index (χ3n) is 4.44. The summed E-state index contributed by atoms with van der Waals surface area (Å²) in [5.74, 6) is 0. The Morgan fingerprint density at radius 2 is 1.91 bits per heavy atom. The van der Waals surface area contributed by atoms with Gasteiger partial charge in [0.2, 0.25) is 10.0 Å². The number of hydrogen-bond donors (Lipinski definition) is 1. The van der Waals surface area contributed by atoms with Crippen LogP contribution >= 0.6 is 0 Å². The molecule has 0 fully saturated rings. The minimum Gasteiger partial charge on any atom is -0.264 e. The average Bonchev–Trinajstić information content (AvgIpc) is 2.88. The molecule has 1 heterocycles. The van der Waals surface area contributed by atoms with Crippen molar-refractivity contribution in [2.75, 3.05) is 0 Å². The maximum atomic E-state index is 12.1. The molecular formula is C18H22N2O2S. The Hall–Kier alpha value is -1.72. The first-order valence-electron chi connectivity index (χ1n) is 7.91. The fourth-order valence-electron chi connectivity index (χ4n) is 3.00. The normalized spacial score (nSPS) is 17.5. The molecule has 1 aromatic carbocycles. The maximum Gasteiger partial charge on any atom is 0.214 e. The topological polar surface area (TPSA) is 59.1 Å². The van der Waals surface area contributed by atoms with E-state index in [4.69, 9.17) is 0 Å². The number of aromatic nitrogens is 1. The van der Waals surface area contributed by atoms with Crippen molar-refractivity contribution >= 4 is 10.0 Å². The van der Waals surface area contributed by atoms with Crippen LogP contribution in [0.25, 0.3) is 11.1 Å². The molecule has 0 saturated carbocycles. The lowest BCUT2D eigenvalue weighted by Crippen LogP contribution is -2.39. The molecule has 0 radical (unpaired) electrons. The van der Waals surface area contributed by atoms with Gasteiger partial charge in [-0.25, -0.2) is 13.1 Å². The summed E-state index contributed by atoms with van der Waals surface area (Å²) in [4.78, 5) is 4.21. The first kappa shape index (κ1) is 16.1. The Bertz CT molecular complexity index is 829. The molecule has 1 N–H and O–H groups in total. The van der Waals surface area contributed by atoms with Gasteiger partial charge in [0.1, 0.15) is 0 Å². The van der Waals surface area contributed by atoms with E-state index < -0.39 is 15.3 Å². The third kappa shape index (κ3) is 3.31. The molecule has 1 aromatic heterocycles. The molecule has 0 saturated heterocycles.